The molecule has 29 heavy (non-hydrogen) atoms. The first-order valence-electron chi connectivity index (χ1n) is 11.7. The molecule has 0 saturated carbocycles. The molecule has 1 aromatic carbocycles. The van der Waals surface area contributed by atoms with Gasteiger partial charge in [0.2, 0.25) is 0 Å². The molecule has 0 spiro atoms. The first-order chi connectivity index (χ1) is 14.2. The van der Waals surface area contributed by atoms with Crippen LogP contribution in [0.4, 0.5) is 0 Å². The van der Waals surface area contributed by atoms with Gasteiger partial charge in [0.15, 0.2) is 0 Å². The van der Waals surface area contributed by atoms with E-state index in [-0.39, 0.29) is 5.91 Å². The van der Waals surface area contributed by atoms with Crippen molar-refractivity contribution in [2.75, 3.05) is 27.3 Å². The highest BCUT2D eigenvalue weighted by molar-refractivity contribution is 5.99. The molecule has 0 aliphatic heterocycles. The third kappa shape index (κ3) is 9.56. The third-order valence-electron chi connectivity index (χ3n) is 5.49. The number of unbranched alkanes of at least 4 members (excludes halogenated alkanes) is 10. The molecule has 0 radical (unpaired) electrons. The zero-order valence-corrected chi connectivity index (χ0v) is 19.3. The van der Waals surface area contributed by atoms with E-state index >= 15 is 0 Å². The van der Waals surface area contributed by atoms with Crippen LogP contribution in [-0.4, -0.2) is 38.1 Å². The van der Waals surface area contributed by atoms with Crippen LogP contribution in [0.2, 0.25) is 0 Å². The molecule has 1 amide bonds. The van der Waals surface area contributed by atoms with Crippen LogP contribution in [-0.2, 0) is 0 Å². The smallest absolute Gasteiger partial charge is 0.261 e. The van der Waals surface area contributed by atoms with E-state index in [1.807, 2.05) is 23.1 Å². The Kier molecular flexibility index (Phi) is 14.1. The number of ether oxygens (including phenoxy) is 2. The molecule has 4 nitrogen and oxygen atoms in total. The number of hydrogen-bond donors (Lipinski definition) is 0. The topological polar surface area (TPSA) is 38.8 Å². The lowest BCUT2D eigenvalue weighted by Crippen LogP contribution is -2.33. The lowest BCUT2D eigenvalue weighted by atomic mass is 10.1. The van der Waals surface area contributed by atoms with Crippen molar-refractivity contribution in [3.8, 4) is 11.5 Å². The SMILES string of the molecule is CCCCCCCCN(CCCCCCCC)C(=O)c1c(OC)cccc1OC. The summed E-state index contributed by atoms with van der Waals surface area (Å²) in [6.45, 7) is 6.09. The second-order valence-electron chi connectivity index (χ2n) is 7.87. The molecule has 0 unspecified atom stereocenters. The van der Waals surface area contributed by atoms with E-state index in [1.165, 1.54) is 64.2 Å². The molecule has 1 rings (SSSR count). The monoisotopic (exact) mass is 405 g/mol. The maximum absolute atomic E-state index is 13.4. The second kappa shape index (κ2) is 16.1. The summed E-state index contributed by atoms with van der Waals surface area (Å²) in [5.41, 5.74) is 0.550. The highest BCUT2D eigenvalue weighted by Crippen LogP contribution is 2.30. The van der Waals surface area contributed by atoms with E-state index in [9.17, 15) is 4.79 Å². The number of carbonyl (C=O) groups excluding carboxylic acids is 1. The normalized spacial score (nSPS) is 10.8. The summed E-state index contributed by atoms with van der Waals surface area (Å²) >= 11 is 0. The van der Waals surface area contributed by atoms with Gasteiger partial charge < -0.3 is 14.4 Å². The van der Waals surface area contributed by atoms with Crippen molar-refractivity contribution in [3.05, 3.63) is 23.8 Å². The highest BCUT2D eigenvalue weighted by atomic mass is 16.5. The van der Waals surface area contributed by atoms with E-state index in [1.54, 1.807) is 14.2 Å². The van der Waals surface area contributed by atoms with E-state index in [4.69, 9.17) is 9.47 Å². The zero-order valence-electron chi connectivity index (χ0n) is 19.3. The average molecular weight is 406 g/mol. The van der Waals surface area contributed by atoms with Crippen molar-refractivity contribution in [1.29, 1.82) is 0 Å². The maximum Gasteiger partial charge on any atom is 0.261 e. The molecular formula is C25H43NO3. The standard InChI is InChI=1S/C25H43NO3/c1-5-7-9-11-13-15-20-26(21-16-14-12-10-8-6-2)25(27)24-22(28-3)18-17-19-23(24)29-4/h17-19H,5-16,20-21H2,1-4H3. The molecule has 0 aliphatic carbocycles. The number of nitrogens with zero attached hydrogens (tertiary/aromatic N) is 1. The molecule has 0 aliphatic rings. The minimum absolute atomic E-state index is 0.0291. The molecular weight excluding hydrogens is 362 g/mol. The second-order valence-corrected chi connectivity index (χ2v) is 7.87. The molecule has 0 bridgehead atoms. The Morgan fingerprint density at radius 3 is 1.55 bits per heavy atom. The summed E-state index contributed by atoms with van der Waals surface area (Å²) < 4.78 is 10.9. The van der Waals surface area contributed by atoms with Crippen molar-refractivity contribution in [1.82, 2.24) is 4.90 Å². The molecule has 0 atom stereocenters. The van der Waals surface area contributed by atoms with Crippen LogP contribution in [0.3, 0.4) is 0 Å². The van der Waals surface area contributed by atoms with Gasteiger partial charge in [-0.05, 0) is 25.0 Å². The minimum atomic E-state index is 0.0291. The predicted octanol–water partition coefficient (Wildman–Crippen LogP) is 6.87. The van der Waals surface area contributed by atoms with Gasteiger partial charge in [0.05, 0.1) is 14.2 Å². The largest absolute Gasteiger partial charge is 0.496 e. The minimum Gasteiger partial charge on any atom is -0.496 e. The highest BCUT2D eigenvalue weighted by Gasteiger charge is 2.23. The van der Waals surface area contributed by atoms with Crippen LogP contribution in [0, 0.1) is 0 Å². The summed E-state index contributed by atoms with van der Waals surface area (Å²) in [4.78, 5) is 15.4. The van der Waals surface area contributed by atoms with Crippen LogP contribution in [0.1, 0.15) is 101 Å². The van der Waals surface area contributed by atoms with Crippen molar-refractivity contribution in [3.63, 3.8) is 0 Å². The fourth-order valence-corrected chi connectivity index (χ4v) is 3.70. The summed E-state index contributed by atoms with van der Waals surface area (Å²) in [6.07, 6.45) is 14.7. The maximum atomic E-state index is 13.4. The lowest BCUT2D eigenvalue weighted by Gasteiger charge is -2.25. The molecule has 0 heterocycles. The number of methoxy groups -OCH3 is 2. The van der Waals surface area contributed by atoms with Crippen LogP contribution in [0.25, 0.3) is 0 Å². The fraction of sp³-hybridized carbons (Fsp3) is 0.720. The zero-order chi connectivity index (χ0) is 21.3. The molecule has 4 heteroatoms. The van der Waals surface area contributed by atoms with Gasteiger partial charge in [-0.3, -0.25) is 4.79 Å². The quantitative estimate of drug-likeness (QED) is 0.266. The Morgan fingerprint density at radius 2 is 1.14 bits per heavy atom. The summed E-state index contributed by atoms with van der Waals surface area (Å²) in [5.74, 6) is 1.21. The first-order valence-corrected chi connectivity index (χ1v) is 11.7. The average Bonchev–Trinajstić information content (AvgIpc) is 2.75. The van der Waals surface area contributed by atoms with E-state index < -0.39 is 0 Å². The third-order valence-corrected chi connectivity index (χ3v) is 5.49. The number of amides is 1. The van der Waals surface area contributed by atoms with Gasteiger partial charge in [-0.25, -0.2) is 0 Å². The van der Waals surface area contributed by atoms with Gasteiger partial charge in [-0.2, -0.15) is 0 Å². The van der Waals surface area contributed by atoms with Crippen molar-refractivity contribution in [2.24, 2.45) is 0 Å². The number of rotatable bonds is 17. The summed E-state index contributed by atoms with van der Waals surface area (Å²) in [5, 5.41) is 0. The number of hydrogen-bond acceptors (Lipinski definition) is 3. The summed E-state index contributed by atoms with van der Waals surface area (Å²) in [7, 11) is 3.22. The van der Waals surface area contributed by atoms with Crippen LogP contribution < -0.4 is 9.47 Å². The van der Waals surface area contributed by atoms with Crippen molar-refractivity contribution in [2.45, 2.75) is 90.9 Å². The molecule has 0 N–H and O–H groups in total. The molecule has 0 saturated heterocycles. The van der Waals surface area contributed by atoms with Crippen molar-refractivity contribution >= 4 is 5.91 Å². The fourth-order valence-electron chi connectivity index (χ4n) is 3.70. The Hall–Kier alpha value is -1.71. The van der Waals surface area contributed by atoms with Gasteiger partial charge >= 0.3 is 0 Å². The first kappa shape index (κ1) is 25.3. The molecule has 1 aromatic rings. The number of benzene rings is 1. The van der Waals surface area contributed by atoms with Gasteiger partial charge in [-0.1, -0.05) is 84.1 Å². The van der Waals surface area contributed by atoms with Gasteiger partial charge in [0.25, 0.3) is 5.91 Å². The van der Waals surface area contributed by atoms with Gasteiger partial charge in [0.1, 0.15) is 17.1 Å². The molecule has 0 aromatic heterocycles. The van der Waals surface area contributed by atoms with E-state index in [2.05, 4.69) is 13.8 Å². The lowest BCUT2D eigenvalue weighted by molar-refractivity contribution is 0.0742. The number of carbonyl (C=O) groups is 1. The Labute approximate surface area is 179 Å². The van der Waals surface area contributed by atoms with Crippen LogP contribution >= 0.6 is 0 Å². The van der Waals surface area contributed by atoms with E-state index in [0.717, 1.165) is 25.9 Å². The molecule has 166 valence electrons. The Bertz CT molecular complexity index is 521. The van der Waals surface area contributed by atoms with Crippen LogP contribution in [0.5, 0.6) is 11.5 Å². The van der Waals surface area contributed by atoms with Gasteiger partial charge in [-0.15, -0.1) is 0 Å². The van der Waals surface area contributed by atoms with Crippen LogP contribution in [0.15, 0.2) is 18.2 Å². The molecule has 0 fully saturated rings. The predicted molar refractivity (Wildman–Crippen MR) is 122 cm³/mol. The summed E-state index contributed by atoms with van der Waals surface area (Å²) in [6, 6.07) is 5.53. The van der Waals surface area contributed by atoms with E-state index in [0.29, 0.717) is 17.1 Å². The van der Waals surface area contributed by atoms with Gasteiger partial charge in [0, 0.05) is 13.1 Å². The Morgan fingerprint density at radius 1 is 0.724 bits per heavy atom. The van der Waals surface area contributed by atoms with Crippen molar-refractivity contribution < 1.29 is 14.3 Å². The Balaban J connectivity index is 2.74.